The number of rotatable bonds is 4. The van der Waals surface area contributed by atoms with Crippen molar-refractivity contribution in [1.29, 1.82) is 0 Å². The zero-order valence-corrected chi connectivity index (χ0v) is 13.6. The highest BCUT2D eigenvalue weighted by Crippen LogP contribution is 2.22. The van der Waals surface area contributed by atoms with Crippen molar-refractivity contribution in [2.75, 3.05) is 11.5 Å². The van der Waals surface area contributed by atoms with Crippen LogP contribution in [0.2, 0.25) is 5.02 Å². The molecule has 116 valence electrons. The van der Waals surface area contributed by atoms with Gasteiger partial charge in [-0.25, -0.2) is 4.79 Å². The second-order valence-electron chi connectivity index (χ2n) is 4.64. The SMILES string of the molecule is Cn1c(N)c(C(=O)CSc2cccc(Cl)c2)c(=O)n(C)c1=O. The molecule has 2 rings (SSSR count). The highest BCUT2D eigenvalue weighted by atomic mass is 35.5. The molecule has 22 heavy (non-hydrogen) atoms. The Kier molecular flexibility index (Phi) is 4.77. The van der Waals surface area contributed by atoms with Crippen molar-refractivity contribution in [2.24, 2.45) is 14.1 Å². The van der Waals surface area contributed by atoms with E-state index in [9.17, 15) is 14.4 Å². The molecule has 0 aliphatic heterocycles. The Hall–Kier alpha value is -1.99. The Morgan fingerprint density at radius 2 is 1.95 bits per heavy atom. The fourth-order valence-electron chi connectivity index (χ4n) is 1.90. The van der Waals surface area contributed by atoms with Gasteiger partial charge in [0.1, 0.15) is 11.4 Å². The van der Waals surface area contributed by atoms with Gasteiger partial charge in [-0.3, -0.25) is 18.7 Å². The molecule has 0 saturated heterocycles. The van der Waals surface area contributed by atoms with E-state index < -0.39 is 17.0 Å². The average molecular weight is 340 g/mol. The van der Waals surface area contributed by atoms with E-state index in [1.165, 1.54) is 25.9 Å². The van der Waals surface area contributed by atoms with Crippen LogP contribution in [0, 0.1) is 0 Å². The fourth-order valence-corrected chi connectivity index (χ4v) is 2.98. The van der Waals surface area contributed by atoms with Crippen LogP contribution in [0.1, 0.15) is 10.4 Å². The molecule has 0 radical (unpaired) electrons. The molecule has 8 heteroatoms. The minimum atomic E-state index is -0.683. The molecule has 0 aliphatic carbocycles. The molecule has 0 unspecified atom stereocenters. The van der Waals surface area contributed by atoms with Gasteiger partial charge in [-0.2, -0.15) is 0 Å². The first-order valence-electron chi connectivity index (χ1n) is 6.30. The van der Waals surface area contributed by atoms with Crippen molar-refractivity contribution in [1.82, 2.24) is 9.13 Å². The van der Waals surface area contributed by atoms with Crippen molar-refractivity contribution in [3.8, 4) is 0 Å². The number of hydrogen-bond acceptors (Lipinski definition) is 5. The molecule has 0 amide bonds. The lowest BCUT2D eigenvalue weighted by molar-refractivity contribution is 0.102. The summed E-state index contributed by atoms with van der Waals surface area (Å²) in [4.78, 5) is 36.9. The second-order valence-corrected chi connectivity index (χ2v) is 6.12. The maximum Gasteiger partial charge on any atom is 0.332 e. The molecule has 0 fully saturated rings. The molecule has 2 aromatic rings. The fraction of sp³-hybridized carbons (Fsp3) is 0.214. The summed E-state index contributed by atoms with van der Waals surface area (Å²) in [6.45, 7) is 0. The summed E-state index contributed by atoms with van der Waals surface area (Å²) in [5.41, 5.74) is 4.33. The normalized spacial score (nSPS) is 10.7. The van der Waals surface area contributed by atoms with E-state index in [0.717, 1.165) is 14.0 Å². The summed E-state index contributed by atoms with van der Waals surface area (Å²) in [6, 6.07) is 7.04. The van der Waals surface area contributed by atoms with Crippen molar-refractivity contribution in [3.05, 3.63) is 55.7 Å². The largest absolute Gasteiger partial charge is 0.384 e. The van der Waals surface area contributed by atoms with Gasteiger partial charge in [0, 0.05) is 24.0 Å². The number of ketones is 1. The molecule has 0 bridgehead atoms. The Bertz CT molecular complexity index is 857. The number of halogens is 1. The van der Waals surface area contributed by atoms with Gasteiger partial charge in [0.25, 0.3) is 5.56 Å². The number of nitrogens with two attached hydrogens (primary N) is 1. The van der Waals surface area contributed by atoms with Gasteiger partial charge in [0.15, 0.2) is 5.78 Å². The molecular formula is C14H14ClN3O3S. The highest BCUT2D eigenvalue weighted by Gasteiger charge is 2.20. The van der Waals surface area contributed by atoms with E-state index in [1.807, 2.05) is 6.07 Å². The maximum atomic E-state index is 12.3. The Balaban J connectivity index is 2.31. The van der Waals surface area contributed by atoms with Crippen LogP contribution in [-0.2, 0) is 14.1 Å². The van der Waals surface area contributed by atoms with Crippen LogP contribution in [0.3, 0.4) is 0 Å². The number of nitrogens with zero attached hydrogens (tertiary/aromatic N) is 2. The Labute approximate surface area is 135 Å². The lowest BCUT2D eigenvalue weighted by Crippen LogP contribution is -2.41. The zero-order chi connectivity index (χ0) is 16.4. The molecule has 1 aromatic heterocycles. The molecule has 0 spiro atoms. The van der Waals surface area contributed by atoms with Crippen LogP contribution in [0.25, 0.3) is 0 Å². The number of carbonyl (C=O) groups is 1. The maximum absolute atomic E-state index is 12.3. The van der Waals surface area contributed by atoms with Gasteiger partial charge in [-0.05, 0) is 18.2 Å². The molecule has 0 aliphatic rings. The number of thioether (sulfide) groups is 1. The van der Waals surface area contributed by atoms with Crippen molar-refractivity contribution in [3.63, 3.8) is 0 Å². The van der Waals surface area contributed by atoms with Gasteiger partial charge in [-0.1, -0.05) is 17.7 Å². The van der Waals surface area contributed by atoms with E-state index in [2.05, 4.69) is 0 Å². The number of nitrogen functional groups attached to an aromatic ring is 1. The van der Waals surface area contributed by atoms with E-state index in [1.54, 1.807) is 18.2 Å². The summed E-state index contributed by atoms with van der Waals surface area (Å²) in [7, 11) is 2.73. The third-order valence-corrected chi connectivity index (χ3v) is 4.38. The lowest BCUT2D eigenvalue weighted by atomic mass is 10.2. The predicted octanol–water partition coefficient (Wildman–Crippen LogP) is 1.29. The average Bonchev–Trinajstić information content (AvgIpc) is 2.49. The number of benzene rings is 1. The van der Waals surface area contributed by atoms with E-state index in [4.69, 9.17) is 17.3 Å². The van der Waals surface area contributed by atoms with Crippen molar-refractivity contribution < 1.29 is 4.79 Å². The van der Waals surface area contributed by atoms with Crippen molar-refractivity contribution >= 4 is 35.0 Å². The van der Waals surface area contributed by atoms with Gasteiger partial charge in [0.05, 0.1) is 5.75 Å². The van der Waals surface area contributed by atoms with Crippen LogP contribution < -0.4 is 17.0 Å². The van der Waals surface area contributed by atoms with Crippen LogP contribution in [0.4, 0.5) is 5.82 Å². The number of aromatic nitrogens is 2. The molecular weight excluding hydrogens is 326 g/mol. The van der Waals surface area contributed by atoms with Crippen LogP contribution >= 0.6 is 23.4 Å². The summed E-state index contributed by atoms with van der Waals surface area (Å²) >= 11 is 7.12. The summed E-state index contributed by atoms with van der Waals surface area (Å²) in [5, 5.41) is 0.565. The third kappa shape index (κ3) is 3.10. The zero-order valence-electron chi connectivity index (χ0n) is 12.0. The van der Waals surface area contributed by atoms with Crippen LogP contribution in [0.15, 0.2) is 38.8 Å². The Morgan fingerprint density at radius 3 is 2.59 bits per heavy atom. The van der Waals surface area contributed by atoms with Crippen LogP contribution in [-0.4, -0.2) is 20.7 Å². The number of anilines is 1. The van der Waals surface area contributed by atoms with E-state index in [0.29, 0.717) is 5.02 Å². The minimum absolute atomic E-state index is 0.0258. The summed E-state index contributed by atoms with van der Waals surface area (Å²) in [5.74, 6) is -0.527. The summed E-state index contributed by atoms with van der Waals surface area (Å²) < 4.78 is 1.95. The first-order valence-corrected chi connectivity index (χ1v) is 7.66. The van der Waals surface area contributed by atoms with Gasteiger partial charge in [-0.15, -0.1) is 11.8 Å². The monoisotopic (exact) mass is 339 g/mol. The molecule has 0 atom stereocenters. The molecule has 0 saturated carbocycles. The molecule has 2 N–H and O–H groups in total. The standard InChI is InChI=1S/C14H14ClN3O3S/c1-17-12(16)11(13(20)18(2)14(17)21)10(19)7-22-9-5-3-4-8(15)6-9/h3-6H,7,16H2,1-2H3. The molecule has 1 heterocycles. The summed E-state index contributed by atoms with van der Waals surface area (Å²) in [6.07, 6.45) is 0. The third-order valence-electron chi connectivity index (χ3n) is 3.15. The number of Topliss-reactive ketones (excluding diaryl/α,β-unsaturated/α-hetero) is 1. The molecule has 6 nitrogen and oxygen atoms in total. The predicted molar refractivity (Wildman–Crippen MR) is 87.8 cm³/mol. The van der Waals surface area contributed by atoms with Gasteiger partial charge in [0.2, 0.25) is 0 Å². The van der Waals surface area contributed by atoms with Crippen LogP contribution in [0.5, 0.6) is 0 Å². The van der Waals surface area contributed by atoms with Gasteiger partial charge >= 0.3 is 5.69 Å². The second kappa shape index (κ2) is 6.41. The number of hydrogen-bond donors (Lipinski definition) is 1. The quantitative estimate of drug-likeness (QED) is 0.670. The topological polar surface area (TPSA) is 87.1 Å². The van der Waals surface area contributed by atoms with Gasteiger partial charge < -0.3 is 5.73 Å². The lowest BCUT2D eigenvalue weighted by Gasteiger charge is -2.10. The number of carbonyl (C=O) groups excluding carboxylic acids is 1. The van der Waals surface area contributed by atoms with E-state index >= 15 is 0 Å². The van der Waals surface area contributed by atoms with Crippen molar-refractivity contribution in [2.45, 2.75) is 4.90 Å². The minimum Gasteiger partial charge on any atom is -0.384 e. The first-order chi connectivity index (χ1) is 10.3. The smallest absolute Gasteiger partial charge is 0.332 e. The Morgan fingerprint density at radius 1 is 1.27 bits per heavy atom. The highest BCUT2D eigenvalue weighted by molar-refractivity contribution is 8.00. The van der Waals surface area contributed by atoms with E-state index in [-0.39, 0.29) is 17.1 Å². The molecule has 1 aromatic carbocycles. The first kappa shape index (κ1) is 16.4.